The van der Waals surface area contributed by atoms with Crippen LogP contribution in [-0.2, 0) is 19.6 Å². The molecular formula is C18H24N2O5S. The van der Waals surface area contributed by atoms with E-state index in [0.29, 0.717) is 44.3 Å². The van der Waals surface area contributed by atoms with E-state index in [0.717, 1.165) is 0 Å². The quantitative estimate of drug-likeness (QED) is 0.579. The molecule has 1 heterocycles. The fourth-order valence-corrected chi connectivity index (χ4v) is 3.85. The van der Waals surface area contributed by atoms with Crippen molar-refractivity contribution in [1.29, 1.82) is 0 Å². The van der Waals surface area contributed by atoms with E-state index in [2.05, 4.69) is 5.32 Å². The van der Waals surface area contributed by atoms with Crippen molar-refractivity contribution in [3.8, 4) is 5.75 Å². The number of amides is 1. The molecule has 1 fully saturated rings. The predicted octanol–water partition coefficient (Wildman–Crippen LogP) is 2.18. The minimum Gasteiger partial charge on any atom is -0.492 e. The molecule has 0 saturated carbocycles. The number of anilines is 1. The van der Waals surface area contributed by atoms with E-state index in [-0.39, 0.29) is 10.8 Å². The van der Waals surface area contributed by atoms with Gasteiger partial charge >= 0.3 is 0 Å². The summed E-state index contributed by atoms with van der Waals surface area (Å²) in [5.41, 5.74) is 0.316. The lowest BCUT2D eigenvalue weighted by atomic mass is 10.3. The van der Waals surface area contributed by atoms with Crippen LogP contribution in [0.25, 0.3) is 0 Å². The summed E-state index contributed by atoms with van der Waals surface area (Å²) in [7, 11) is -3.66. The maximum absolute atomic E-state index is 12.8. The normalized spacial score (nSPS) is 16.2. The van der Waals surface area contributed by atoms with Crippen molar-refractivity contribution >= 4 is 21.6 Å². The average molecular weight is 380 g/mol. The van der Waals surface area contributed by atoms with Crippen LogP contribution in [-0.4, -0.2) is 51.5 Å². The molecule has 1 aromatic carbocycles. The molecular weight excluding hydrogens is 356 g/mol. The van der Waals surface area contributed by atoms with Crippen LogP contribution < -0.4 is 10.1 Å². The summed E-state index contributed by atoms with van der Waals surface area (Å²) in [6.07, 6.45) is 6.48. The molecule has 1 aliphatic heterocycles. The number of benzene rings is 1. The topological polar surface area (TPSA) is 84.9 Å². The monoisotopic (exact) mass is 380 g/mol. The molecule has 0 radical (unpaired) electrons. The van der Waals surface area contributed by atoms with E-state index in [1.165, 1.54) is 22.5 Å². The zero-order chi connectivity index (χ0) is 19.0. The third kappa shape index (κ3) is 5.17. The number of carbonyl (C=O) groups excluding carboxylic acids is 1. The second-order valence-corrected chi connectivity index (χ2v) is 7.42. The molecule has 1 aliphatic rings. The van der Waals surface area contributed by atoms with Crippen LogP contribution in [0, 0.1) is 0 Å². The van der Waals surface area contributed by atoms with Gasteiger partial charge in [-0.25, -0.2) is 8.42 Å². The Balaban J connectivity index is 2.30. The molecule has 0 spiro atoms. The Morgan fingerprint density at radius 3 is 2.69 bits per heavy atom. The molecule has 1 N–H and O–H groups in total. The zero-order valence-electron chi connectivity index (χ0n) is 15.0. The Bertz CT molecular complexity index is 781. The Labute approximate surface area is 154 Å². The SMILES string of the molecule is C/C=C/C=C/C(=O)Nc1cc(S(=O)(=O)N2CCOCC2)ccc1OCC. The largest absolute Gasteiger partial charge is 0.492 e. The number of morpholine rings is 1. The molecule has 1 saturated heterocycles. The van der Waals surface area contributed by atoms with Crippen LogP contribution >= 0.6 is 0 Å². The van der Waals surface area contributed by atoms with E-state index in [1.54, 1.807) is 24.3 Å². The highest BCUT2D eigenvalue weighted by atomic mass is 32.2. The standard InChI is InChI=1S/C18H24N2O5S/c1-3-5-6-7-18(21)19-16-14-15(8-9-17(16)25-4-2)26(22,23)20-10-12-24-13-11-20/h3,5-9,14H,4,10-13H2,1-2H3,(H,19,21)/b5-3+,7-6+. The molecule has 0 bridgehead atoms. The maximum Gasteiger partial charge on any atom is 0.248 e. The number of carbonyl (C=O) groups is 1. The van der Waals surface area contributed by atoms with Gasteiger partial charge in [-0.05, 0) is 32.0 Å². The third-order valence-corrected chi connectivity index (χ3v) is 5.56. The highest BCUT2D eigenvalue weighted by Gasteiger charge is 2.27. The third-order valence-electron chi connectivity index (χ3n) is 3.67. The fraction of sp³-hybridized carbons (Fsp3) is 0.389. The number of allylic oxidation sites excluding steroid dienone is 3. The van der Waals surface area contributed by atoms with Crippen LogP contribution in [0.3, 0.4) is 0 Å². The first kappa shape index (κ1) is 20.2. The van der Waals surface area contributed by atoms with Gasteiger partial charge in [-0.2, -0.15) is 4.31 Å². The zero-order valence-corrected chi connectivity index (χ0v) is 15.8. The second-order valence-electron chi connectivity index (χ2n) is 5.48. The first-order chi connectivity index (χ1) is 12.5. The number of nitrogens with one attached hydrogen (secondary N) is 1. The number of nitrogens with zero attached hydrogens (tertiary/aromatic N) is 1. The fourth-order valence-electron chi connectivity index (χ4n) is 2.41. The van der Waals surface area contributed by atoms with Gasteiger partial charge in [0.25, 0.3) is 0 Å². The summed E-state index contributed by atoms with van der Waals surface area (Å²) in [5, 5.41) is 2.68. The lowest BCUT2D eigenvalue weighted by molar-refractivity contribution is -0.111. The minimum absolute atomic E-state index is 0.107. The van der Waals surface area contributed by atoms with Crippen LogP contribution in [0.1, 0.15) is 13.8 Å². The molecule has 0 atom stereocenters. The summed E-state index contributed by atoms with van der Waals surface area (Å²) in [6, 6.07) is 4.47. The van der Waals surface area contributed by atoms with Crippen LogP contribution in [0.5, 0.6) is 5.75 Å². The summed E-state index contributed by atoms with van der Waals surface area (Å²) >= 11 is 0. The molecule has 1 aromatic rings. The van der Waals surface area contributed by atoms with Crippen molar-refractivity contribution in [3.63, 3.8) is 0 Å². The van der Waals surface area contributed by atoms with Crippen molar-refractivity contribution in [3.05, 3.63) is 42.5 Å². The Morgan fingerprint density at radius 1 is 1.31 bits per heavy atom. The number of hydrogen-bond acceptors (Lipinski definition) is 5. The van der Waals surface area contributed by atoms with Crippen molar-refractivity contribution < 1.29 is 22.7 Å². The van der Waals surface area contributed by atoms with Gasteiger partial charge in [-0.1, -0.05) is 18.2 Å². The average Bonchev–Trinajstić information content (AvgIpc) is 2.64. The number of hydrogen-bond donors (Lipinski definition) is 1. The van der Waals surface area contributed by atoms with Crippen molar-refractivity contribution in [2.24, 2.45) is 0 Å². The molecule has 8 heteroatoms. The van der Waals surface area contributed by atoms with E-state index >= 15 is 0 Å². The van der Waals surface area contributed by atoms with E-state index in [9.17, 15) is 13.2 Å². The van der Waals surface area contributed by atoms with Crippen LogP contribution in [0.15, 0.2) is 47.4 Å². The smallest absolute Gasteiger partial charge is 0.248 e. The molecule has 7 nitrogen and oxygen atoms in total. The number of ether oxygens (including phenoxy) is 2. The Kier molecular flexibility index (Phi) is 7.38. The molecule has 2 rings (SSSR count). The summed E-state index contributed by atoms with van der Waals surface area (Å²) < 4.78 is 37.7. The Hall–Kier alpha value is -2.16. The van der Waals surface area contributed by atoms with Crippen molar-refractivity contribution in [1.82, 2.24) is 4.31 Å². The van der Waals surface area contributed by atoms with Gasteiger partial charge in [0.1, 0.15) is 5.75 Å². The van der Waals surface area contributed by atoms with Gasteiger partial charge in [-0.15, -0.1) is 0 Å². The number of sulfonamides is 1. The number of rotatable bonds is 7. The van der Waals surface area contributed by atoms with Gasteiger partial charge in [-0.3, -0.25) is 4.79 Å². The summed E-state index contributed by atoms with van der Waals surface area (Å²) in [6.45, 7) is 5.41. The van der Waals surface area contributed by atoms with Gasteiger partial charge in [0.05, 0.1) is 30.4 Å². The molecule has 1 amide bonds. The van der Waals surface area contributed by atoms with Gasteiger partial charge < -0.3 is 14.8 Å². The van der Waals surface area contributed by atoms with E-state index in [1.807, 2.05) is 13.8 Å². The molecule has 0 unspecified atom stereocenters. The van der Waals surface area contributed by atoms with Crippen LogP contribution in [0.2, 0.25) is 0 Å². The van der Waals surface area contributed by atoms with Crippen LogP contribution in [0.4, 0.5) is 5.69 Å². The van der Waals surface area contributed by atoms with Gasteiger partial charge in [0.2, 0.25) is 15.9 Å². The highest BCUT2D eigenvalue weighted by Crippen LogP contribution is 2.29. The van der Waals surface area contributed by atoms with Gasteiger partial charge in [0.15, 0.2) is 0 Å². The molecule has 26 heavy (non-hydrogen) atoms. The first-order valence-electron chi connectivity index (χ1n) is 8.44. The highest BCUT2D eigenvalue weighted by molar-refractivity contribution is 7.89. The first-order valence-corrected chi connectivity index (χ1v) is 9.88. The van der Waals surface area contributed by atoms with Crippen molar-refractivity contribution in [2.45, 2.75) is 18.7 Å². The lowest BCUT2D eigenvalue weighted by Gasteiger charge is -2.26. The maximum atomic E-state index is 12.8. The molecule has 142 valence electrons. The van der Waals surface area contributed by atoms with Crippen molar-refractivity contribution in [2.75, 3.05) is 38.2 Å². The molecule has 0 aromatic heterocycles. The lowest BCUT2D eigenvalue weighted by Crippen LogP contribution is -2.40. The summed E-state index contributed by atoms with van der Waals surface area (Å²) in [4.78, 5) is 12.1. The minimum atomic E-state index is -3.66. The summed E-state index contributed by atoms with van der Waals surface area (Å²) in [5.74, 6) is 0.0474. The predicted molar refractivity (Wildman–Crippen MR) is 99.8 cm³/mol. The van der Waals surface area contributed by atoms with E-state index < -0.39 is 10.0 Å². The van der Waals surface area contributed by atoms with E-state index in [4.69, 9.17) is 9.47 Å². The van der Waals surface area contributed by atoms with Gasteiger partial charge in [0, 0.05) is 19.2 Å². The second kappa shape index (κ2) is 9.51. The Morgan fingerprint density at radius 2 is 2.04 bits per heavy atom. The molecule has 0 aliphatic carbocycles.